The summed E-state index contributed by atoms with van der Waals surface area (Å²) < 4.78 is 0. The largest absolute Gasteiger partial charge is 0.393 e. The van der Waals surface area contributed by atoms with Crippen molar-refractivity contribution in [2.45, 2.75) is 112 Å². The Morgan fingerprint density at radius 1 is 1.10 bits per heavy atom. The lowest BCUT2D eigenvalue weighted by Crippen LogP contribution is -2.58. The second-order valence-corrected chi connectivity index (χ2v) is 13.1. The van der Waals surface area contributed by atoms with Crippen molar-refractivity contribution in [2.24, 2.45) is 45.8 Å². The minimum atomic E-state index is -0.347. The third-order valence-corrected chi connectivity index (χ3v) is 11.2. The molecule has 0 bridgehead atoms. The van der Waals surface area contributed by atoms with Gasteiger partial charge in [-0.1, -0.05) is 58.4 Å². The first kappa shape index (κ1) is 23.6. The highest BCUT2D eigenvalue weighted by Gasteiger charge is 2.61. The maximum atomic E-state index is 10.8. The SMILES string of the molecule is C=C(C)[C@H](O)CC[C@H](C)[C@@H]1CC=C2[C@@H]3CC[C@H]4C(C)(C)[C@@H](O)CC[C@]4(C)[C@H]3CC[C@]21C. The summed E-state index contributed by atoms with van der Waals surface area (Å²) in [5.74, 6) is 3.55. The van der Waals surface area contributed by atoms with Crippen LogP contribution in [0.4, 0.5) is 0 Å². The van der Waals surface area contributed by atoms with Crippen LogP contribution in [0.1, 0.15) is 99.3 Å². The summed E-state index contributed by atoms with van der Waals surface area (Å²) in [6, 6.07) is 0. The third-order valence-electron chi connectivity index (χ3n) is 11.2. The van der Waals surface area contributed by atoms with Crippen molar-refractivity contribution in [1.82, 2.24) is 0 Å². The fourth-order valence-electron chi connectivity index (χ4n) is 9.18. The van der Waals surface area contributed by atoms with E-state index in [-0.39, 0.29) is 17.6 Å². The van der Waals surface area contributed by atoms with Crippen molar-refractivity contribution < 1.29 is 10.2 Å². The Bertz CT molecular complexity index is 735. The van der Waals surface area contributed by atoms with Gasteiger partial charge in [0.15, 0.2) is 0 Å². The molecule has 0 radical (unpaired) electrons. The molecule has 9 atom stereocenters. The molecule has 176 valence electrons. The van der Waals surface area contributed by atoms with E-state index in [0.29, 0.717) is 22.7 Å². The topological polar surface area (TPSA) is 40.5 Å². The maximum absolute atomic E-state index is 10.8. The number of aliphatic hydroxyl groups is 2. The number of aliphatic hydroxyl groups excluding tert-OH is 2. The molecule has 0 aromatic rings. The van der Waals surface area contributed by atoms with E-state index in [1.807, 2.05) is 6.92 Å². The van der Waals surface area contributed by atoms with E-state index < -0.39 is 0 Å². The minimum Gasteiger partial charge on any atom is -0.393 e. The van der Waals surface area contributed by atoms with Gasteiger partial charge in [-0.05, 0) is 111 Å². The molecule has 3 saturated carbocycles. The van der Waals surface area contributed by atoms with E-state index in [0.717, 1.165) is 42.6 Å². The molecule has 0 aliphatic heterocycles. The lowest BCUT2D eigenvalue weighted by atomic mass is 9.41. The van der Waals surface area contributed by atoms with Crippen molar-refractivity contribution in [3.8, 4) is 0 Å². The predicted octanol–water partition coefficient (Wildman–Crippen LogP) is 6.92. The molecule has 0 spiro atoms. The number of rotatable bonds is 5. The molecule has 3 fully saturated rings. The molecule has 4 aliphatic carbocycles. The van der Waals surface area contributed by atoms with Crippen LogP contribution in [0.15, 0.2) is 23.8 Å². The van der Waals surface area contributed by atoms with Crippen LogP contribution in [0.3, 0.4) is 0 Å². The number of allylic oxidation sites excluding steroid dienone is 2. The highest BCUT2D eigenvalue weighted by Crippen LogP contribution is 2.69. The van der Waals surface area contributed by atoms with E-state index in [1.165, 1.54) is 38.5 Å². The highest BCUT2D eigenvalue weighted by atomic mass is 16.3. The van der Waals surface area contributed by atoms with Gasteiger partial charge in [0.25, 0.3) is 0 Å². The van der Waals surface area contributed by atoms with Gasteiger partial charge in [0.2, 0.25) is 0 Å². The van der Waals surface area contributed by atoms with Crippen molar-refractivity contribution in [2.75, 3.05) is 0 Å². The first-order valence-corrected chi connectivity index (χ1v) is 13.1. The molecule has 0 aromatic carbocycles. The Morgan fingerprint density at radius 2 is 1.81 bits per heavy atom. The van der Waals surface area contributed by atoms with Crippen LogP contribution >= 0.6 is 0 Å². The zero-order valence-corrected chi connectivity index (χ0v) is 21.1. The van der Waals surface area contributed by atoms with Crippen LogP contribution in [0.5, 0.6) is 0 Å². The molecule has 4 rings (SSSR count). The summed E-state index contributed by atoms with van der Waals surface area (Å²) in [4.78, 5) is 0. The Balaban J connectivity index is 1.51. The number of hydrogen-bond acceptors (Lipinski definition) is 2. The molecule has 2 heteroatoms. The second kappa shape index (κ2) is 8.01. The fraction of sp³-hybridized carbons (Fsp3) is 0.862. The maximum Gasteiger partial charge on any atom is 0.0744 e. The Labute approximate surface area is 191 Å². The zero-order chi connectivity index (χ0) is 22.8. The van der Waals surface area contributed by atoms with Crippen molar-refractivity contribution in [3.63, 3.8) is 0 Å². The van der Waals surface area contributed by atoms with E-state index in [2.05, 4.69) is 47.3 Å². The van der Waals surface area contributed by atoms with Gasteiger partial charge in [-0.15, -0.1) is 0 Å². The minimum absolute atomic E-state index is 0.0456. The fourth-order valence-corrected chi connectivity index (χ4v) is 9.18. The first-order valence-electron chi connectivity index (χ1n) is 13.1. The molecule has 31 heavy (non-hydrogen) atoms. The van der Waals surface area contributed by atoms with Gasteiger partial charge in [0.1, 0.15) is 0 Å². The van der Waals surface area contributed by atoms with E-state index in [1.54, 1.807) is 5.57 Å². The molecule has 2 N–H and O–H groups in total. The lowest BCUT2D eigenvalue weighted by molar-refractivity contribution is -0.156. The monoisotopic (exact) mass is 428 g/mol. The van der Waals surface area contributed by atoms with Gasteiger partial charge in [-0.2, -0.15) is 0 Å². The van der Waals surface area contributed by atoms with Crippen LogP contribution in [0, 0.1) is 45.8 Å². The molecule has 0 heterocycles. The van der Waals surface area contributed by atoms with Crippen LogP contribution in [-0.2, 0) is 0 Å². The normalized spacial score (nSPS) is 45.7. The van der Waals surface area contributed by atoms with Crippen molar-refractivity contribution in [3.05, 3.63) is 23.8 Å². The van der Waals surface area contributed by atoms with Gasteiger partial charge >= 0.3 is 0 Å². The quantitative estimate of drug-likeness (QED) is 0.467. The molecule has 0 unspecified atom stereocenters. The first-order chi connectivity index (χ1) is 14.4. The van der Waals surface area contributed by atoms with E-state index in [4.69, 9.17) is 0 Å². The summed E-state index contributed by atoms with van der Waals surface area (Å²) in [5, 5.41) is 21.0. The van der Waals surface area contributed by atoms with Crippen molar-refractivity contribution >= 4 is 0 Å². The van der Waals surface area contributed by atoms with Gasteiger partial charge in [0, 0.05) is 0 Å². The third kappa shape index (κ3) is 3.59. The Kier molecular flexibility index (Phi) is 6.09. The molecular weight excluding hydrogens is 380 g/mol. The standard InChI is InChI=1S/C29H48O2/c1-18(2)24(30)12-8-19(3)21-10-11-22-20-9-13-25-27(4,5)26(31)15-17-29(25,7)23(20)14-16-28(21,22)6/h11,19-21,23-26,30-31H,1,8-10,12-17H2,2-7H3/t19-,20-,21-,23-,24+,25-,26-,28-,29+/m0/s1. The number of fused-ring (bicyclic) bond motifs is 5. The zero-order valence-electron chi connectivity index (χ0n) is 21.1. The summed E-state index contributed by atoms with van der Waals surface area (Å²) >= 11 is 0. The summed E-state index contributed by atoms with van der Waals surface area (Å²) in [6.45, 7) is 18.1. The lowest BCUT2D eigenvalue weighted by Gasteiger charge is -2.63. The van der Waals surface area contributed by atoms with Gasteiger partial charge in [-0.25, -0.2) is 0 Å². The average Bonchev–Trinajstić information content (AvgIpc) is 3.06. The molecule has 0 saturated heterocycles. The molecule has 0 aromatic heterocycles. The molecular formula is C29H48O2. The molecule has 4 aliphatic rings. The van der Waals surface area contributed by atoms with E-state index in [9.17, 15) is 10.2 Å². The van der Waals surface area contributed by atoms with E-state index >= 15 is 0 Å². The number of hydrogen-bond donors (Lipinski definition) is 2. The highest BCUT2D eigenvalue weighted by molar-refractivity contribution is 5.30. The smallest absolute Gasteiger partial charge is 0.0744 e. The summed E-state index contributed by atoms with van der Waals surface area (Å²) in [7, 11) is 0. The molecule has 2 nitrogen and oxygen atoms in total. The van der Waals surface area contributed by atoms with Crippen LogP contribution in [0.25, 0.3) is 0 Å². The predicted molar refractivity (Wildman–Crippen MR) is 130 cm³/mol. The van der Waals surface area contributed by atoms with Gasteiger partial charge in [0.05, 0.1) is 12.2 Å². The summed E-state index contributed by atoms with van der Waals surface area (Å²) in [6.07, 6.45) is 12.8. The summed E-state index contributed by atoms with van der Waals surface area (Å²) in [5.41, 5.74) is 3.47. The molecule has 0 amide bonds. The van der Waals surface area contributed by atoms with Crippen molar-refractivity contribution in [1.29, 1.82) is 0 Å². The van der Waals surface area contributed by atoms with Crippen LogP contribution in [0.2, 0.25) is 0 Å². The average molecular weight is 429 g/mol. The van der Waals surface area contributed by atoms with Gasteiger partial charge < -0.3 is 10.2 Å². The van der Waals surface area contributed by atoms with Crippen LogP contribution < -0.4 is 0 Å². The Hall–Kier alpha value is -0.600. The van der Waals surface area contributed by atoms with Gasteiger partial charge in [-0.3, -0.25) is 0 Å². The Morgan fingerprint density at radius 3 is 2.48 bits per heavy atom. The second-order valence-electron chi connectivity index (χ2n) is 13.1. The van der Waals surface area contributed by atoms with Crippen LogP contribution in [-0.4, -0.2) is 22.4 Å².